The maximum atomic E-state index is 13.0. The number of aromatic nitrogens is 1. The molecule has 0 saturated heterocycles. The van der Waals surface area contributed by atoms with E-state index in [1.54, 1.807) is 30.5 Å². The summed E-state index contributed by atoms with van der Waals surface area (Å²) in [5.74, 6) is -1.94. The largest absolute Gasteiger partial charge is 0.301 e. The van der Waals surface area contributed by atoms with Crippen molar-refractivity contribution in [1.29, 1.82) is 5.26 Å². The highest BCUT2D eigenvalue weighted by molar-refractivity contribution is 7.91. The first kappa shape index (κ1) is 20.6. The van der Waals surface area contributed by atoms with E-state index >= 15 is 0 Å². The molecule has 148 valence electrons. The second-order valence-corrected chi connectivity index (χ2v) is 9.50. The van der Waals surface area contributed by atoms with Gasteiger partial charge in [0.05, 0.1) is 17.4 Å². The number of amides is 1. The lowest BCUT2D eigenvalue weighted by Crippen LogP contribution is -2.23. The van der Waals surface area contributed by atoms with E-state index in [4.69, 9.17) is 5.26 Å². The fourth-order valence-electron chi connectivity index (χ4n) is 2.59. The first-order valence-corrected chi connectivity index (χ1v) is 11.2. The van der Waals surface area contributed by atoms with Crippen molar-refractivity contribution < 1.29 is 17.6 Å². The summed E-state index contributed by atoms with van der Waals surface area (Å²) in [7, 11) is -3.67. The molecule has 2 aromatic carbocycles. The summed E-state index contributed by atoms with van der Waals surface area (Å²) in [6.45, 7) is 0. The highest BCUT2D eigenvalue weighted by Crippen LogP contribution is 2.21. The Kier molecular flexibility index (Phi) is 6.36. The molecule has 9 heteroatoms. The summed E-state index contributed by atoms with van der Waals surface area (Å²) in [5, 5.41) is 11.6. The Morgan fingerprint density at radius 2 is 1.76 bits per heavy atom. The van der Waals surface area contributed by atoms with Crippen LogP contribution in [0.1, 0.15) is 21.6 Å². The van der Waals surface area contributed by atoms with E-state index in [1.165, 1.54) is 35.6 Å². The molecule has 3 aromatic rings. The molecule has 1 aromatic heterocycles. The SMILES string of the molecule is N#Cc1ccc(CS(=O)(=O)CC(=O)Nc2ncc(Cc3ccc(F)cc3)s2)cc1. The molecule has 0 unspecified atom stereocenters. The number of hydrogen-bond donors (Lipinski definition) is 1. The normalized spacial score (nSPS) is 11.0. The monoisotopic (exact) mass is 429 g/mol. The van der Waals surface area contributed by atoms with Gasteiger partial charge >= 0.3 is 0 Å². The number of benzene rings is 2. The minimum Gasteiger partial charge on any atom is -0.301 e. The van der Waals surface area contributed by atoms with Gasteiger partial charge in [0.15, 0.2) is 15.0 Å². The van der Waals surface area contributed by atoms with Gasteiger partial charge in [0.25, 0.3) is 0 Å². The van der Waals surface area contributed by atoms with Crippen molar-refractivity contribution in [2.24, 2.45) is 0 Å². The van der Waals surface area contributed by atoms with Gasteiger partial charge in [-0.25, -0.2) is 17.8 Å². The lowest BCUT2D eigenvalue weighted by atomic mass is 10.1. The topological polar surface area (TPSA) is 99.9 Å². The molecular weight excluding hydrogens is 413 g/mol. The van der Waals surface area contributed by atoms with E-state index in [0.29, 0.717) is 22.7 Å². The number of hydrogen-bond acceptors (Lipinski definition) is 6. The molecule has 6 nitrogen and oxygen atoms in total. The van der Waals surface area contributed by atoms with Gasteiger partial charge in [-0.1, -0.05) is 24.3 Å². The number of rotatable bonds is 7. The van der Waals surface area contributed by atoms with E-state index in [-0.39, 0.29) is 11.6 Å². The molecule has 0 aliphatic heterocycles. The molecule has 0 fully saturated rings. The maximum Gasteiger partial charge on any atom is 0.241 e. The van der Waals surface area contributed by atoms with E-state index in [2.05, 4.69) is 10.3 Å². The predicted molar refractivity (Wildman–Crippen MR) is 109 cm³/mol. The number of carbonyl (C=O) groups excluding carboxylic acids is 1. The Balaban J connectivity index is 1.56. The molecule has 0 spiro atoms. The van der Waals surface area contributed by atoms with Gasteiger partial charge in [-0.05, 0) is 35.4 Å². The molecule has 1 heterocycles. The molecule has 0 radical (unpaired) electrons. The van der Waals surface area contributed by atoms with Crippen molar-refractivity contribution in [3.63, 3.8) is 0 Å². The Morgan fingerprint density at radius 1 is 1.10 bits per heavy atom. The van der Waals surface area contributed by atoms with Crippen LogP contribution in [-0.4, -0.2) is 25.1 Å². The molecule has 0 aliphatic carbocycles. The molecule has 1 N–H and O–H groups in total. The van der Waals surface area contributed by atoms with Gasteiger partial charge in [0.1, 0.15) is 11.6 Å². The van der Waals surface area contributed by atoms with Crippen molar-refractivity contribution >= 4 is 32.2 Å². The second-order valence-electron chi connectivity index (χ2n) is 6.32. The lowest BCUT2D eigenvalue weighted by molar-refractivity contribution is -0.113. The third kappa shape index (κ3) is 6.20. The number of carbonyl (C=O) groups is 1. The summed E-state index contributed by atoms with van der Waals surface area (Å²) in [4.78, 5) is 17.1. The summed E-state index contributed by atoms with van der Waals surface area (Å²) in [6.07, 6.45) is 2.12. The van der Waals surface area contributed by atoms with Crippen LogP contribution in [0.15, 0.2) is 54.7 Å². The van der Waals surface area contributed by atoms with Gasteiger partial charge in [0, 0.05) is 17.5 Å². The first-order chi connectivity index (χ1) is 13.8. The highest BCUT2D eigenvalue weighted by atomic mass is 32.2. The Morgan fingerprint density at radius 3 is 2.41 bits per heavy atom. The highest BCUT2D eigenvalue weighted by Gasteiger charge is 2.18. The zero-order valence-corrected chi connectivity index (χ0v) is 16.8. The molecule has 0 atom stereocenters. The number of thiazole rings is 1. The van der Waals surface area contributed by atoms with E-state index in [1.807, 2.05) is 6.07 Å². The number of anilines is 1. The number of halogens is 1. The number of nitrogens with zero attached hydrogens (tertiary/aromatic N) is 2. The van der Waals surface area contributed by atoms with Crippen molar-refractivity contribution in [3.05, 3.63) is 82.1 Å². The van der Waals surface area contributed by atoms with Crippen molar-refractivity contribution in [2.75, 3.05) is 11.1 Å². The van der Waals surface area contributed by atoms with Crippen molar-refractivity contribution in [3.8, 4) is 6.07 Å². The fraction of sp³-hybridized carbons (Fsp3) is 0.150. The molecule has 1 amide bonds. The van der Waals surface area contributed by atoms with Gasteiger partial charge in [0.2, 0.25) is 5.91 Å². The van der Waals surface area contributed by atoms with Gasteiger partial charge < -0.3 is 5.32 Å². The van der Waals surface area contributed by atoms with Crippen LogP contribution < -0.4 is 5.32 Å². The van der Waals surface area contributed by atoms with Crippen LogP contribution in [0.2, 0.25) is 0 Å². The summed E-state index contributed by atoms with van der Waals surface area (Å²) < 4.78 is 37.5. The molecular formula is C20H16FN3O3S2. The van der Waals surface area contributed by atoms with E-state index < -0.39 is 21.5 Å². The molecule has 29 heavy (non-hydrogen) atoms. The van der Waals surface area contributed by atoms with Crippen molar-refractivity contribution in [1.82, 2.24) is 4.98 Å². The average Bonchev–Trinajstić information content (AvgIpc) is 3.10. The Hall–Kier alpha value is -3.09. The molecule has 0 saturated carbocycles. The van der Waals surface area contributed by atoms with Crippen LogP contribution in [0.4, 0.5) is 9.52 Å². The number of nitriles is 1. The summed E-state index contributed by atoms with van der Waals surface area (Å²) >= 11 is 1.23. The van der Waals surface area contributed by atoms with Crippen LogP contribution in [0.25, 0.3) is 0 Å². The molecule has 0 aliphatic rings. The predicted octanol–water partition coefficient (Wildman–Crippen LogP) is 3.30. The Labute approximate surface area is 171 Å². The van der Waals surface area contributed by atoms with Crippen LogP contribution in [0.3, 0.4) is 0 Å². The third-order valence-electron chi connectivity index (χ3n) is 3.91. The standard InChI is InChI=1S/C20H16FN3O3S2/c21-17-7-5-14(6-8-17)9-18-11-23-20(28-18)24-19(25)13-29(26,27)12-16-3-1-15(10-22)2-4-16/h1-8,11H,9,12-13H2,(H,23,24,25). The minimum atomic E-state index is -3.67. The average molecular weight is 429 g/mol. The zero-order chi connectivity index (χ0) is 20.9. The zero-order valence-electron chi connectivity index (χ0n) is 15.1. The summed E-state index contributed by atoms with van der Waals surface area (Å²) in [6, 6.07) is 14.2. The van der Waals surface area contributed by atoms with Gasteiger partial charge in [-0.2, -0.15) is 5.26 Å². The van der Waals surface area contributed by atoms with Gasteiger partial charge in [-0.15, -0.1) is 11.3 Å². The smallest absolute Gasteiger partial charge is 0.241 e. The number of nitrogens with one attached hydrogen (secondary N) is 1. The Bertz CT molecular complexity index is 1150. The van der Waals surface area contributed by atoms with Crippen LogP contribution >= 0.6 is 11.3 Å². The third-order valence-corrected chi connectivity index (χ3v) is 6.30. The fourth-order valence-corrected chi connectivity index (χ4v) is 4.72. The van der Waals surface area contributed by atoms with Crippen LogP contribution in [-0.2, 0) is 26.8 Å². The van der Waals surface area contributed by atoms with E-state index in [9.17, 15) is 17.6 Å². The van der Waals surface area contributed by atoms with Gasteiger partial charge in [-0.3, -0.25) is 4.79 Å². The van der Waals surface area contributed by atoms with Crippen molar-refractivity contribution in [2.45, 2.75) is 12.2 Å². The molecule has 0 bridgehead atoms. The lowest BCUT2D eigenvalue weighted by Gasteiger charge is -2.05. The second kappa shape index (κ2) is 8.94. The summed E-state index contributed by atoms with van der Waals surface area (Å²) in [5.41, 5.74) is 1.84. The van der Waals surface area contributed by atoms with Crippen LogP contribution in [0, 0.1) is 17.1 Å². The first-order valence-electron chi connectivity index (χ1n) is 8.51. The minimum absolute atomic E-state index is 0.292. The molecule has 3 rings (SSSR count). The quantitative estimate of drug-likeness (QED) is 0.621. The van der Waals surface area contributed by atoms with E-state index in [0.717, 1.165) is 10.4 Å². The number of sulfone groups is 1. The maximum absolute atomic E-state index is 13.0. The van der Waals surface area contributed by atoms with Crippen LogP contribution in [0.5, 0.6) is 0 Å².